The first-order valence-electron chi connectivity index (χ1n) is 34.6. The smallest absolute Gasteiger partial charge is 0.330 e. The van der Waals surface area contributed by atoms with E-state index in [1.165, 1.54) is 31.2 Å². The van der Waals surface area contributed by atoms with E-state index >= 15 is 14.4 Å². The van der Waals surface area contributed by atoms with Gasteiger partial charge in [-0.05, 0) is 91.1 Å². The highest BCUT2D eigenvalue weighted by Gasteiger charge is 2.52. The number of nitrogens with one attached hydrogen (secondary N) is 4. The number of aromatic hydroxyl groups is 3. The maximum absolute atomic E-state index is 16.1. The maximum atomic E-state index is 16.1. The van der Waals surface area contributed by atoms with E-state index in [0.29, 0.717) is 11.1 Å². The Bertz CT molecular complexity index is 4680. The average Bonchev–Trinajstić information content (AvgIpc) is 0.767. The molecule has 14 rings (SSSR count). The fraction of sp³-hybridized carbons (Fsp3) is 0.373. The number of hydrogen-bond donors (Lipinski definition) is 16. The first kappa shape index (κ1) is 79.2. The lowest BCUT2D eigenvalue weighted by atomic mass is 9.84. The van der Waals surface area contributed by atoms with Gasteiger partial charge in [-0.1, -0.05) is 83.9 Å². The van der Waals surface area contributed by atoms with E-state index in [9.17, 15) is 80.4 Å². The van der Waals surface area contributed by atoms with Crippen LogP contribution in [0.25, 0.3) is 11.1 Å². The van der Waals surface area contributed by atoms with Crippen LogP contribution in [0.2, 0.25) is 5.02 Å². The van der Waals surface area contributed by atoms with E-state index in [0.717, 1.165) is 60.7 Å². The number of phenols is 3. The number of carboxylic acid groups (broad SMARTS) is 1. The average molecular weight is 1560 g/mol. The van der Waals surface area contributed by atoms with Gasteiger partial charge in [-0.25, -0.2) is 4.79 Å². The van der Waals surface area contributed by atoms with E-state index in [4.69, 9.17) is 67.8 Å². The number of carbonyl (C=O) groups is 7. The molecule has 7 heterocycles. The predicted molar refractivity (Wildman–Crippen MR) is 382 cm³/mol. The lowest BCUT2D eigenvalue weighted by Gasteiger charge is -2.48. The van der Waals surface area contributed by atoms with Crippen LogP contribution >= 0.6 is 23.2 Å². The summed E-state index contributed by atoms with van der Waals surface area (Å²) in [5, 5.41) is 138. The van der Waals surface area contributed by atoms with Crippen molar-refractivity contribution < 1.29 is 123 Å². The summed E-state index contributed by atoms with van der Waals surface area (Å²) in [6.07, 6.45) is -18.5. The minimum atomic E-state index is -2.25. The van der Waals surface area contributed by atoms with Crippen LogP contribution in [-0.2, 0) is 60.9 Å². The number of amides is 4. The molecule has 4 amide bonds. The van der Waals surface area contributed by atoms with Crippen LogP contribution in [-0.4, -0.2) is 177 Å². The Labute approximate surface area is 635 Å². The van der Waals surface area contributed by atoms with Gasteiger partial charge in [-0.3, -0.25) is 38.9 Å². The zero-order valence-electron chi connectivity index (χ0n) is 58.4. The molecule has 11 bridgehead atoms. The second kappa shape index (κ2) is 32.7. The van der Waals surface area contributed by atoms with E-state index in [1.54, 1.807) is 43.3 Å². The second-order valence-corrected chi connectivity index (χ2v) is 28.6. The van der Waals surface area contributed by atoms with Crippen molar-refractivity contribution in [1.82, 2.24) is 21.3 Å². The molecule has 2 fully saturated rings. The SMILES string of the molecule is C[C@@H]1O[C@@H](O[C@H]2[C@H](Oc3c4cc5cc3Oc3ccc(cc3Cl)[C@@H](O)[C@@H]3NC(=O)[C@H](CC(=O)C5NC(=O)[C@H](CC(N)=O)CC(=O)[C@H](N)[C@H](O)[C@H]5C=CC(=C(Cl)C5)O4)c4ccc(O)c(c4)-c4c(O)cc(O)cc4[C@H](C(=O)O)NC3=O)O[C@H](CO)[C@@H](O)[C@@H]2O)C[C@](C)(NCc2cccc([N+](=O)[O-])c2OCc2ccccc2)[C@@H]1O. The number of phenolic OH excluding ortho intramolecular Hbond substituents is 3. The molecule has 33 nitrogen and oxygen atoms in total. The molecule has 7 aliphatic heterocycles. The molecule has 18 atom stereocenters. The molecule has 6 aromatic carbocycles. The molecule has 1 unspecified atom stereocenters. The zero-order chi connectivity index (χ0) is 79.1. The number of nitrogens with zero attached hydrogens (tertiary/aromatic N) is 1. The number of allylic oxidation sites excluding steroid dienone is 2. The number of aliphatic hydroxyl groups is 6. The highest BCUT2D eigenvalue weighted by molar-refractivity contribution is 6.32. The first-order chi connectivity index (χ1) is 52.3. The Morgan fingerprint density at radius 3 is 2.18 bits per heavy atom. The number of rotatable bonds is 15. The summed E-state index contributed by atoms with van der Waals surface area (Å²) in [4.78, 5) is 114. The number of ether oxygens (including phenoxy) is 7. The molecule has 582 valence electrons. The van der Waals surface area contributed by atoms with Gasteiger partial charge in [-0.2, -0.15) is 0 Å². The van der Waals surface area contributed by atoms with Gasteiger partial charge >= 0.3 is 11.7 Å². The summed E-state index contributed by atoms with van der Waals surface area (Å²) in [5.41, 5.74) is 9.03. The fourth-order valence-corrected chi connectivity index (χ4v) is 14.8. The molecule has 1 aliphatic carbocycles. The summed E-state index contributed by atoms with van der Waals surface area (Å²) < 4.78 is 45.4. The van der Waals surface area contributed by atoms with Gasteiger partial charge in [-0.15, -0.1) is 0 Å². The minimum absolute atomic E-state index is 0.0467. The molecule has 0 spiro atoms. The number of carbonyl (C=O) groups excluding carboxylic acids is 6. The number of halogens is 2. The van der Waals surface area contributed by atoms with Crippen molar-refractivity contribution in [2.75, 3.05) is 6.61 Å². The largest absolute Gasteiger partial charge is 0.508 e. The number of para-hydroxylation sites is 1. The Hall–Kier alpha value is -10.4. The number of nitrogens with two attached hydrogens (primary N) is 2. The molecular weight excluding hydrogens is 1490 g/mol. The van der Waals surface area contributed by atoms with Crippen molar-refractivity contribution >= 4 is 70.1 Å². The quantitative estimate of drug-likeness (QED) is 0.0512. The van der Waals surface area contributed by atoms with Gasteiger partial charge in [0.05, 0.1) is 57.8 Å². The van der Waals surface area contributed by atoms with Crippen molar-refractivity contribution in [1.29, 1.82) is 0 Å². The number of ketones is 2. The third kappa shape index (κ3) is 16.6. The fourth-order valence-electron chi connectivity index (χ4n) is 14.3. The number of benzene rings is 6. The van der Waals surface area contributed by atoms with Gasteiger partial charge in [0, 0.05) is 78.1 Å². The number of aliphatic carboxylic acids is 1. The monoisotopic (exact) mass is 1560 g/mol. The molecule has 0 radical (unpaired) electrons. The van der Waals surface area contributed by atoms with Crippen LogP contribution < -0.4 is 51.7 Å². The Balaban J connectivity index is 1.02. The third-order valence-electron chi connectivity index (χ3n) is 20.2. The number of carboxylic acids is 1. The summed E-state index contributed by atoms with van der Waals surface area (Å²) in [7, 11) is 0. The first-order valence-corrected chi connectivity index (χ1v) is 35.4. The van der Waals surface area contributed by atoms with Crippen LogP contribution in [0.15, 0.2) is 132 Å². The van der Waals surface area contributed by atoms with Gasteiger partial charge < -0.3 is 117 Å². The molecule has 0 aromatic heterocycles. The van der Waals surface area contributed by atoms with Gasteiger partial charge in [0.2, 0.25) is 41.4 Å². The van der Waals surface area contributed by atoms with Gasteiger partial charge in [0.25, 0.3) is 0 Å². The van der Waals surface area contributed by atoms with Gasteiger partial charge in [0.15, 0.2) is 41.5 Å². The Kier molecular flexibility index (Phi) is 23.5. The van der Waals surface area contributed by atoms with Gasteiger partial charge in [0.1, 0.15) is 71.9 Å². The van der Waals surface area contributed by atoms with Crippen molar-refractivity contribution in [2.45, 2.75) is 156 Å². The molecular formula is C75H77Cl2N7O26. The van der Waals surface area contributed by atoms with Crippen molar-refractivity contribution in [3.05, 3.63) is 181 Å². The van der Waals surface area contributed by atoms with E-state index in [-0.39, 0.29) is 70.7 Å². The van der Waals surface area contributed by atoms with Crippen LogP contribution in [0.5, 0.6) is 46.0 Å². The number of Topliss-reactive ketones (excluding diaryl/α,β-unsaturated/α-hetero) is 2. The summed E-state index contributed by atoms with van der Waals surface area (Å²) in [5.74, 6) is -18.5. The van der Waals surface area contributed by atoms with Crippen molar-refractivity contribution in [3.63, 3.8) is 0 Å². The lowest BCUT2D eigenvalue weighted by molar-refractivity contribution is -0.386. The zero-order valence-corrected chi connectivity index (χ0v) is 59.9. The summed E-state index contributed by atoms with van der Waals surface area (Å²) in [6, 6.07) is 15.3. The predicted octanol–water partition coefficient (Wildman–Crippen LogP) is 3.90. The van der Waals surface area contributed by atoms with Crippen LogP contribution in [0.3, 0.4) is 0 Å². The van der Waals surface area contributed by atoms with E-state index in [1.807, 2.05) is 0 Å². The molecule has 0 saturated carbocycles. The normalized spacial score (nSPS) is 29.2. The molecule has 18 N–H and O–H groups in total. The number of hydrogen-bond acceptors (Lipinski definition) is 27. The highest BCUT2D eigenvalue weighted by Crippen LogP contribution is 2.50. The number of nitro benzene ring substituents is 1. The Morgan fingerprint density at radius 2 is 1.49 bits per heavy atom. The van der Waals surface area contributed by atoms with E-state index in [2.05, 4.69) is 21.3 Å². The summed E-state index contributed by atoms with van der Waals surface area (Å²) >= 11 is 14.2. The molecule has 110 heavy (non-hydrogen) atoms. The molecule has 35 heteroatoms. The lowest BCUT2D eigenvalue weighted by Crippen LogP contribution is -2.65. The molecule has 8 aliphatic rings. The number of fused-ring (bicyclic) bond motifs is 14. The summed E-state index contributed by atoms with van der Waals surface area (Å²) in [6.45, 7) is 1.91. The maximum Gasteiger partial charge on any atom is 0.330 e. The van der Waals surface area contributed by atoms with Crippen molar-refractivity contribution in [3.8, 4) is 57.1 Å². The Morgan fingerprint density at radius 1 is 0.764 bits per heavy atom. The standard InChI is InChI=1S/C75H77Cl2N7O26/c1-31-69(96)75(2,80-28-36-9-6-10-45(84(102)103)66(36)104-30-32-7-4-3-5-8-32)27-56(105-31)109-68-65(95)64(94)54(29-85)108-74(68)110-67-52-21-37-22-53(67)107-51-16-13-35(19-44(51)77)63(93)61-72(99)82-60(73(100)101)42-24-39(86)25-47(88)57(42)41-17-33(11-14-46(41)87)40(71(98)83-61)26-49(90)59(37)81-70(97)38(23-55(78)91)20-48(89)58(79)62(92)34-12-15-50(106-52)43(76)18-34/h3-17,19,21-22,24-25,31,34,38,40,54,56,58-65,68-69,74,80,85-88,92-96H,18,20,23,26-30,79H2,1-2H3,(H2,78,91)(H,81,97)(H,82,99)(H,83,98)(H,100,101)/t31-,34-,38-,40+,54+,56-,58-,59?,60+,61-,62+,63+,64+,65-,68+,69+,74-,75-/m0/s1. The third-order valence-corrected chi connectivity index (χ3v) is 20.9. The number of aliphatic hydroxyl groups excluding tert-OH is 6. The van der Waals surface area contributed by atoms with Crippen LogP contribution in [0.1, 0.15) is 103 Å². The second-order valence-electron chi connectivity index (χ2n) is 27.8. The minimum Gasteiger partial charge on any atom is -0.508 e. The van der Waals surface area contributed by atoms with Crippen LogP contribution in [0.4, 0.5) is 5.69 Å². The van der Waals surface area contributed by atoms with E-state index < -0.39 is 237 Å². The molecule has 6 aromatic rings. The topological polar surface area (TPSA) is 530 Å². The van der Waals surface area contributed by atoms with Crippen molar-refractivity contribution in [2.24, 2.45) is 23.3 Å². The van der Waals surface area contributed by atoms with Crippen LogP contribution in [0, 0.1) is 22.0 Å². The molecule has 2 saturated heterocycles. The number of primary amides is 1. The highest BCUT2D eigenvalue weighted by atomic mass is 35.5. The number of nitro groups is 1.